The molecular weight excluding hydrogens is 224 g/mol. The summed E-state index contributed by atoms with van der Waals surface area (Å²) in [6.07, 6.45) is 3.74. The van der Waals surface area contributed by atoms with Crippen LogP contribution in [0.1, 0.15) is 47.0 Å². The monoisotopic (exact) mass is 256 g/mol. The average molecular weight is 256 g/mol. The first kappa shape index (κ1) is 15.9. The molecule has 1 N–H and O–H groups in total. The molecule has 1 saturated heterocycles. The van der Waals surface area contributed by atoms with Crippen molar-refractivity contribution < 1.29 is 4.74 Å². The van der Waals surface area contributed by atoms with Gasteiger partial charge >= 0.3 is 0 Å². The zero-order chi connectivity index (χ0) is 13.4. The highest BCUT2D eigenvalue weighted by atomic mass is 16.5. The Hall–Kier alpha value is -0.120. The molecule has 1 fully saturated rings. The number of rotatable bonds is 8. The summed E-state index contributed by atoms with van der Waals surface area (Å²) in [6, 6.07) is 0.630. The lowest BCUT2D eigenvalue weighted by Crippen LogP contribution is -2.50. The predicted molar refractivity (Wildman–Crippen MR) is 78.0 cm³/mol. The van der Waals surface area contributed by atoms with Gasteiger partial charge in [-0.15, -0.1) is 0 Å². The number of nitrogens with zero attached hydrogens (tertiary/aromatic N) is 1. The van der Waals surface area contributed by atoms with E-state index in [-0.39, 0.29) is 0 Å². The van der Waals surface area contributed by atoms with Crippen LogP contribution in [0.15, 0.2) is 0 Å². The fraction of sp³-hybridized carbons (Fsp3) is 1.00. The van der Waals surface area contributed by atoms with Crippen molar-refractivity contribution in [2.45, 2.75) is 53.0 Å². The maximum absolute atomic E-state index is 5.77. The van der Waals surface area contributed by atoms with Crippen LogP contribution in [0, 0.1) is 5.41 Å². The molecule has 1 aliphatic rings. The van der Waals surface area contributed by atoms with Crippen LogP contribution in [0.3, 0.4) is 0 Å². The third-order valence-corrected chi connectivity index (χ3v) is 3.93. The Bertz CT molecular complexity index is 213. The van der Waals surface area contributed by atoms with E-state index in [9.17, 15) is 0 Å². The molecule has 0 aromatic carbocycles. The number of hydrogen-bond donors (Lipinski definition) is 1. The minimum Gasteiger partial charge on any atom is -0.381 e. The molecule has 1 unspecified atom stereocenters. The van der Waals surface area contributed by atoms with Crippen LogP contribution in [-0.4, -0.2) is 50.3 Å². The predicted octanol–water partition coefficient (Wildman–Crippen LogP) is 2.51. The Morgan fingerprint density at radius 2 is 2.11 bits per heavy atom. The van der Waals surface area contributed by atoms with Crippen LogP contribution in [0.5, 0.6) is 0 Å². The minimum absolute atomic E-state index is 0.327. The molecule has 108 valence electrons. The maximum atomic E-state index is 5.77. The number of nitrogens with one attached hydrogen (secondary N) is 1. The largest absolute Gasteiger partial charge is 0.381 e. The van der Waals surface area contributed by atoms with Gasteiger partial charge in [-0.05, 0) is 46.2 Å². The maximum Gasteiger partial charge on any atom is 0.0546 e. The standard InChI is InChI=1S/C15H32N2O/c1-5-9-17(14(3)4)12-15(11-16-6-2)8-7-10-18-13-15/h14,16H,5-13H2,1-4H3. The van der Waals surface area contributed by atoms with Gasteiger partial charge in [0.2, 0.25) is 0 Å². The lowest BCUT2D eigenvalue weighted by Gasteiger charge is -2.42. The molecule has 0 bridgehead atoms. The summed E-state index contributed by atoms with van der Waals surface area (Å²) in [6.45, 7) is 15.5. The topological polar surface area (TPSA) is 24.5 Å². The van der Waals surface area contributed by atoms with Crippen molar-refractivity contribution in [3.8, 4) is 0 Å². The summed E-state index contributed by atoms with van der Waals surface area (Å²) in [5, 5.41) is 3.54. The Morgan fingerprint density at radius 3 is 2.61 bits per heavy atom. The molecule has 1 rings (SSSR count). The number of ether oxygens (including phenoxy) is 1. The van der Waals surface area contributed by atoms with Gasteiger partial charge in [0, 0.05) is 31.2 Å². The number of hydrogen-bond acceptors (Lipinski definition) is 3. The highest BCUT2D eigenvalue weighted by Crippen LogP contribution is 2.29. The van der Waals surface area contributed by atoms with Crippen LogP contribution in [-0.2, 0) is 4.74 Å². The molecule has 0 aliphatic carbocycles. The summed E-state index contributed by atoms with van der Waals surface area (Å²) in [4.78, 5) is 2.62. The zero-order valence-corrected chi connectivity index (χ0v) is 12.8. The average Bonchev–Trinajstić information content (AvgIpc) is 2.37. The molecule has 0 radical (unpaired) electrons. The molecule has 0 aromatic heterocycles. The molecule has 0 saturated carbocycles. The van der Waals surface area contributed by atoms with E-state index in [1.54, 1.807) is 0 Å². The van der Waals surface area contributed by atoms with Gasteiger partial charge in [-0.1, -0.05) is 13.8 Å². The summed E-state index contributed by atoms with van der Waals surface area (Å²) >= 11 is 0. The highest BCUT2D eigenvalue weighted by Gasteiger charge is 2.34. The molecule has 18 heavy (non-hydrogen) atoms. The molecule has 1 heterocycles. The molecule has 1 atom stereocenters. The molecular formula is C15H32N2O. The van der Waals surface area contributed by atoms with Gasteiger partial charge in [-0.2, -0.15) is 0 Å². The molecule has 0 amide bonds. The Balaban J connectivity index is 2.62. The normalized spacial score (nSPS) is 25.0. The second-order valence-electron chi connectivity index (χ2n) is 6.00. The van der Waals surface area contributed by atoms with Crippen LogP contribution in [0.25, 0.3) is 0 Å². The smallest absolute Gasteiger partial charge is 0.0546 e. The summed E-state index contributed by atoms with van der Waals surface area (Å²) in [5.41, 5.74) is 0.327. The van der Waals surface area contributed by atoms with Gasteiger partial charge in [0.25, 0.3) is 0 Å². The Labute approximate surface area is 113 Å². The third-order valence-electron chi connectivity index (χ3n) is 3.93. The SMILES string of the molecule is CCCN(CC1(CNCC)CCCOC1)C(C)C. The summed E-state index contributed by atoms with van der Waals surface area (Å²) in [7, 11) is 0. The van der Waals surface area contributed by atoms with Crippen molar-refractivity contribution >= 4 is 0 Å². The quantitative estimate of drug-likeness (QED) is 0.722. The van der Waals surface area contributed by atoms with Gasteiger partial charge in [-0.25, -0.2) is 0 Å². The van der Waals surface area contributed by atoms with Crippen molar-refractivity contribution in [3.05, 3.63) is 0 Å². The highest BCUT2D eigenvalue weighted by molar-refractivity contribution is 4.88. The van der Waals surface area contributed by atoms with E-state index in [0.717, 1.165) is 26.3 Å². The van der Waals surface area contributed by atoms with Crippen molar-refractivity contribution in [2.24, 2.45) is 5.41 Å². The Morgan fingerprint density at radius 1 is 1.33 bits per heavy atom. The van der Waals surface area contributed by atoms with Gasteiger partial charge in [0.15, 0.2) is 0 Å². The van der Waals surface area contributed by atoms with E-state index in [1.165, 1.54) is 32.4 Å². The van der Waals surface area contributed by atoms with Gasteiger partial charge in [0.1, 0.15) is 0 Å². The fourth-order valence-electron chi connectivity index (χ4n) is 2.86. The van der Waals surface area contributed by atoms with E-state index in [0.29, 0.717) is 11.5 Å². The van der Waals surface area contributed by atoms with Crippen molar-refractivity contribution in [2.75, 3.05) is 39.4 Å². The summed E-state index contributed by atoms with van der Waals surface area (Å²) < 4.78 is 5.77. The Kier molecular flexibility index (Phi) is 7.20. The second-order valence-corrected chi connectivity index (χ2v) is 6.00. The molecule has 3 nitrogen and oxygen atoms in total. The first-order valence-electron chi connectivity index (χ1n) is 7.66. The van der Waals surface area contributed by atoms with Gasteiger partial charge in [0.05, 0.1) is 6.61 Å². The first-order valence-corrected chi connectivity index (χ1v) is 7.66. The molecule has 0 aromatic rings. The molecule has 0 spiro atoms. The van der Waals surface area contributed by atoms with Crippen LogP contribution in [0.4, 0.5) is 0 Å². The van der Waals surface area contributed by atoms with Gasteiger partial charge < -0.3 is 15.0 Å². The van der Waals surface area contributed by atoms with E-state index in [1.807, 2.05) is 0 Å². The van der Waals surface area contributed by atoms with Crippen molar-refractivity contribution in [1.82, 2.24) is 10.2 Å². The van der Waals surface area contributed by atoms with Crippen molar-refractivity contribution in [3.63, 3.8) is 0 Å². The van der Waals surface area contributed by atoms with Crippen LogP contribution in [0.2, 0.25) is 0 Å². The van der Waals surface area contributed by atoms with Crippen LogP contribution >= 0.6 is 0 Å². The zero-order valence-electron chi connectivity index (χ0n) is 12.8. The van der Waals surface area contributed by atoms with E-state index >= 15 is 0 Å². The minimum atomic E-state index is 0.327. The fourth-order valence-corrected chi connectivity index (χ4v) is 2.86. The second kappa shape index (κ2) is 8.13. The lowest BCUT2D eigenvalue weighted by molar-refractivity contribution is -0.0306. The first-order chi connectivity index (χ1) is 8.63. The van der Waals surface area contributed by atoms with E-state index in [2.05, 4.69) is 37.9 Å². The lowest BCUT2D eigenvalue weighted by atomic mass is 9.81. The molecule has 1 aliphatic heterocycles. The molecule has 3 heteroatoms. The van der Waals surface area contributed by atoms with Gasteiger partial charge in [-0.3, -0.25) is 0 Å². The van der Waals surface area contributed by atoms with E-state index < -0.39 is 0 Å². The van der Waals surface area contributed by atoms with Crippen LogP contribution < -0.4 is 5.32 Å². The van der Waals surface area contributed by atoms with Crippen molar-refractivity contribution in [1.29, 1.82) is 0 Å². The summed E-state index contributed by atoms with van der Waals surface area (Å²) in [5.74, 6) is 0. The third kappa shape index (κ3) is 4.87. The van der Waals surface area contributed by atoms with E-state index in [4.69, 9.17) is 4.74 Å².